The maximum absolute atomic E-state index is 14.2. The van der Waals surface area contributed by atoms with Gasteiger partial charge in [0.05, 0.1) is 5.56 Å². The van der Waals surface area contributed by atoms with E-state index >= 15 is 0 Å². The van der Waals surface area contributed by atoms with Crippen LogP contribution in [0, 0.1) is 0 Å². The number of hydrogen-bond donors (Lipinski definition) is 0. The Morgan fingerprint density at radius 2 is 1.33 bits per heavy atom. The summed E-state index contributed by atoms with van der Waals surface area (Å²) in [7, 11) is -2.29. The van der Waals surface area contributed by atoms with Gasteiger partial charge in [-0.1, -0.05) is 12.1 Å². The van der Waals surface area contributed by atoms with Gasteiger partial charge in [-0.2, -0.15) is 0 Å². The summed E-state index contributed by atoms with van der Waals surface area (Å²) in [5.41, 5.74) is 2.38. The van der Waals surface area contributed by atoms with Crippen LogP contribution in [0.1, 0.15) is 52.8 Å². The SMILES string of the molecule is CCO[Si](CCCN(C(=O)/C=C/c1ccc(-c2ccc(-c3cc4ccc(N(C)C)cc4oc3=O)s2)s1)c1cccc([Si](OCC)(OCC)OCC)c1)(OCC)OCC. The van der Waals surface area contributed by atoms with Crippen molar-refractivity contribution in [2.24, 2.45) is 0 Å². The van der Waals surface area contributed by atoms with E-state index in [9.17, 15) is 9.59 Å². The van der Waals surface area contributed by atoms with Crippen LogP contribution in [0.5, 0.6) is 0 Å². The lowest BCUT2D eigenvalue weighted by molar-refractivity contribution is -0.114. The molecule has 0 aliphatic carbocycles. The average Bonchev–Trinajstić information content (AvgIpc) is 3.89. The standard InChI is InChI=1S/C43H56N2O9S2Si2/c1-9-48-57(49-10-2,50-11-3)28-16-27-45(34-17-15-18-36(30-34)58(51-12-4,52-13-5)53-14-6)42(46)26-22-35-21-23-40(55-35)41-25-24-39(56-41)37-29-32-19-20-33(44(7)8)31-38(32)54-43(37)47/h15,17-26,29-31H,9-14,16,27-28H2,1-8H3/b26-22+. The topological polar surface area (TPSA) is 109 Å². The monoisotopic (exact) mass is 864 g/mol. The Kier molecular flexibility index (Phi) is 16.8. The Hall–Kier alpha value is -3.75. The fourth-order valence-electron chi connectivity index (χ4n) is 6.61. The molecule has 0 bridgehead atoms. The Balaban J connectivity index is 1.40. The van der Waals surface area contributed by atoms with Crippen molar-refractivity contribution in [1.82, 2.24) is 0 Å². The maximum atomic E-state index is 14.2. The van der Waals surface area contributed by atoms with E-state index in [2.05, 4.69) is 0 Å². The predicted octanol–water partition coefficient (Wildman–Crippen LogP) is 9.06. The Labute approximate surface area is 352 Å². The minimum absolute atomic E-state index is 0.181. The Bertz CT molecular complexity index is 2150. The molecule has 11 nitrogen and oxygen atoms in total. The van der Waals surface area contributed by atoms with Crippen LogP contribution in [-0.4, -0.2) is 83.8 Å². The van der Waals surface area contributed by atoms with E-state index in [-0.39, 0.29) is 11.5 Å². The first-order valence-corrected chi connectivity index (χ1v) is 25.2. The molecular weight excluding hydrogens is 809 g/mol. The second kappa shape index (κ2) is 21.5. The number of carbonyl (C=O) groups is 1. The quantitative estimate of drug-likeness (QED) is 0.0359. The van der Waals surface area contributed by atoms with Crippen LogP contribution in [0.3, 0.4) is 0 Å². The van der Waals surface area contributed by atoms with Gasteiger partial charge >= 0.3 is 23.2 Å². The first-order valence-electron chi connectivity index (χ1n) is 19.9. The van der Waals surface area contributed by atoms with Crippen LogP contribution in [0.2, 0.25) is 6.04 Å². The average molecular weight is 865 g/mol. The van der Waals surface area contributed by atoms with Crippen LogP contribution >= 0.6 is 22.7 Å². The lowest BCUT2D eigenvalue weighted by atomic mass is 10.1. The molecular formula is C43H56N2O9S2Si2. The molecule has 5 aromatic rings. The summed E-state index contributed by atoms with van der Waals surface area (Å²) in [6.45, 7) is 14.7. The first-order chi connectivity index (χ1) is 28.0. The highest BCUT2D eigenvalue weighted by Gasteiger charge is 2.44. The zero-order chi connectivity index (χ0) is 41.7. The van der Waals surface area contributed by atoms with Crippen molar-refractivity contribution < 1.29 is 35.8 Å². The largest absolute Gasteiger partial charge is 0.537 e. The molecule has 2 aromatic carbocycles. The molecule has 0 atom stereocenters. The molecule has 1 amide bonds. The van der Waals surface area contributed by atoms with Crippen LogP contribution in [0.15, 0.2) is 88.1 Å². The van der Waals surface area contributed by atoms with Gasteiger partial charge in [0.15, 0.2) is 0 Å². The van der Waals surface area contributed by atoms with Gasteiger partial charge in [-0.05, 0) is 109 Å². The van der Waals surface area contributed by atoms with Crippen molar-refractivity contribution in [1.29, 1.82) is 0 Å². The third-order valence-corrected chi connectivity index (χ3v) is 17.6. The molecule has 58 heavy (non-hydrogen) atoms. The van der Waals surface area contributed by atoms with E-state index < -0.39 is 17.6 Å². The molecule has 312 valence electrons. The fraction of sp³-hybridized carbons (Fsp3) is 0.395. The smallest absolute Gasteiger partial charge is 0.422 e. The summed E-state index contributed by atoms with van der Waals surface area (Å²) in [5.74, 6) is -0.181. The van der Waals surface area contributed by atoms with Crippen LogP contribution in [-0.2, 0) is 31.4 Å². The molecule has 5 rings (SSSR count). The van der Waals surface area contributed by atoms with Crippen molar-refractivity contribution in [3.05, 3.63) is 94.2 Å². The van der Waals surface area contributed by atoms with E-state index in [0.29, 0.717) is 75.5 Å². The molecule has 0 aliphatic rings. The number of rotatable bonds is 23. The molecule has 0 unspecified atom stereocenters. The predicted molar refractivity (Wildman–Crippen MR) is 242 cm³/mol. The molecule has 3 aromatic heterocycles. The number of anilines is 2. The maximum Gasteiger partial charge on any atom is 0.537 e. The van der Waals surface area contributed by atoms with Crippen molar-refractivity contribution in [3.63, 3.8) is 0 Å². The summed E-state index contributed by atoms with van der Waals surface area (Å²) < 4.78 is 42.8. The van der Waals surface area contributed by atoms with Gasteiger partial charge in [0, 0.05) is 120 Å². The summed E-state index contributed by atoms with van der Waals surface area (Å²) in [6, 6.07) is 24.0. The number of hydrogen-bond acceptors (Lipinski definition) is 12. The van der Waals surface area contributed by atoms with Crippen molar-refractivity contribution in [2.45, 2.75) is 54.0 Å². The van der Waals surface area contributed by atoms with Gasteiger partial charge in [0.25, 0.3) is 5.91 Å². The highest BCUT2D eigenvalue weighted by atomic mass is 32.1. The van der Waals surface area contributed by atoms with Crippen molar-refractivity contribution >= 4 is 79.8 Å². The zero-order valence-corrected chi connectivity index (χ0v) is 38.5. The highest BCUT2D eigenvalue weighted by Crippen LogP contribution is 2.38. The number of nitrogens with zero attached hydrogens (tertiary/aromatic N) is 2. The number of thiophene rings is 2. The van der Waals surface area contributed by atoms with Gasteiger partial charge in [-0.25, -0.2) is 4.79 Å². The highest BCUT2D eigenvalue weighted by molar-refractivity contribution is 7.24. The summed E-state index contributed by atoms with van der Waals surface area (Å²) in [6.07, 6.45) is 4.05. The van der Waals surface area contributed by atoms with Gasteiger partial charge < -0.3 is 40.8 Å². The summed E-state index contributed by atoms with van der Waals surface area (Å²) >= 11 is 3.11. The van der Waals surface area contributed by atoms with E-state index in [1.165, 1.54) is 11.3 Å². The van der Waals surface area contributed by atoms with Crippen LogP contribution < -0.4 is 20.6 Å². The second-order valence-corrected chi connectivity index (χ2v) is 20.7. The molecule has 0 spiro atoms. The number of benzene rings is 2. The molecule has 0 saturated carbocycles. The van der Waals surface area contributed by atoms with E-state index in [1.54, 1.807) is 22.3 Å². The van der Waals surface area contributed by atoms with Gasteiger partial charge in [0.2, 0.25) is 0 Å². The molecule has 0 saturated heterocycles. The lowest BCUT2D eigenvalue weighted by Crippen LogP contribution is -2.57. The summed E-state index contributed by atoms with van der Waals surface area (Å²) in [5, 5.41) is 1.65. The van der Waals surface area contributed by atoms with Gasteiger partial charge in [-0.3, -0.25) is 4.79 Å². The van der Waals surface area contributed by atoms with Crippen molar-refractivity contribution in [2.75, 3.05) is 70.1 Å². The van der Waals surface area contributed by atoms with E-state index in [1.807, 2.05) is 139 Å². The second-order valence-electron chi connectivity index (χ2n) is 13.2. The molecule has 0 N–H and O–H groups in total. The third-order valence-electron chi connectivity index (χ3n) is 9.11. The molecule has 0 fully saturated rings. The van der Waals surface area contributed by atoms with Gasteiger partial charge in [0.1, 0.15) is 5.58 Å². The zero-order valence-electron chi connectivity index (χ0n) is 34.8. The van der Waals surface area contributed by atoms with E-state index in [4.69, 9.17) is 31.0 Å². The normalized spacial score (nSPS) is 12.2. The molecule has 0 aliphatic heterocycles. The minimum atomic E-state index is -3.25. The Morgan fingerprint density at radius 1 is 0.707 bits per heavy atom. The van der Waals surface area contributed by atoms with E-state index in [0.717, 1.165) is 35.8 Å². The fourth-order valence-corrected chi connectivity index (χ4v) is 13.7. The minimum Gasteiger partial charge on any atom is -0.422 e. The Morgan fingerprint density at radius 3 is 1.97 bits per heavy atom. The summed E-state index contributed by atoms with van der Waals surface area (Å²) in [4.78, 5) is 34.9. The van der Waals surface area contributed by atoms with Gasteiger partial charge in [-0.15, -0.1) is 22.7 Å². The van der Waals surface area contributed by atoms with Crippen molar-refractivity contribution in [3.8, 4) is 20.2 Å². The van der Waals surface area contributed by atoms with Crippen LogP contribution in [0.4, 0.5) is 11.4 Å². The number of carbonyl (C=O) groups excluding carboxylic acids is 1. The first kappa shape index (κ1) is 45.3. The van der Waals surface area contributed by atoms with Crippen LogP contribution in [0.25, 0.3) is 37.2 Å². The molecule has 0 radical (unpaired) electrons. The lowest BCUT2D eigenvalue weighted by Gasteiger charge is -2.31. The molecule has 3 heterocycles. The number of amides is 1. The molecule has 15 heteroatoms. The number of fused-ring (bicyclic) bond motifs is 1. The third kappa shape index (κ3) is 11.1.